The van der Waals surface area contributed by atoms with Crippen molar-refractivity contribution in [3.63, 3.8) is 0 Å². The molecule has 0 atom stereocenters. The predicted octanol–water partition coefficient (Wildman–Crippen LogP) is 3.43. The Labute approximate surface area is 163 Å². The van der Waals surface area contributed by atoms with Gasteiger partial charge < -0.3 is 20.1 Å². The fourth-order valence-electron chi connectivity index (χ4n) is 3.83. The topological polar surface area (TPSA) is 72.7 Å². The zero-order valence-electron chi connectivity index (χ0n) is 15.8. The van der Waals surface area contributed by atoms with E-state index in [-0.39, 0.29) is 0 Å². The highest BCUT2D eigenvalue weighted by Crippen LogP contribution is 2.34. The third kappa shape index (κ3) is 3.07. The molecule has 144 valence electrons. The highest BCUT2D eigenvalue weighted by atomic mass is 16.5. The first-order valence-electron chi connectivity index (χ1n) is 9.64. The molecular weight excluding hydrogens is 354 g/mol. The van der Waals surface area contributed by atoms with Gasteiger partial charge in [-0.25, -0.2) is 4.52 Å². The molecule has 1 fully saturated rings. The van der Waals surface area contributed by atoms with Gasteiger partial charge in [0.2, 0.25) is 11.8 Å². The summed E-state index contributed by atoms with van der Waals surface area (Å²) in [5, 5.41) is 11.5. The maximum absolute atomic E-state index is 5.63. The van der Waals surface area contributed by atoms with Crippen molar-refractivity contribution in [2.45, 2.75) is 18.9 Å². The molecule has 0 spiro atoms. The first-order valence-corrected chi connectivity index (χ1v) is 9.64. The van der Waals surface area contributed by atoms with Gasteiger partial charge in [0.15, 0.2) is 0 Å². The summed E-state index contributed by atoms with van der Waals surface area (Å²) in [6, 6.07) is 8.81. The molecule has 5 rings (SSSR count). The molecule has 0 unspecified atom stereocenters. The fraction of sp³-hybridized carbons (Fsp3) is 0.333. The van der Waals surface area contributed by atoms with Crippen LogP contribution in [0.1, 0.15) is 18.4 Å². The van der Waals surface area contributed by atoms with Gasteiger partial charge in [0.1, 0.15) is 5.52 Å². The van der Waals surface area contributed by atoms with E-state index in [9.17, 15) is 0 Å². The van der Waals surface area contributed by atoms with Crippen LogP contribution in [-0.2, 0) is 4.74 Å². The zero-order chi connectivity index (χ0) is 18.9. The molecule has 28 heavy (non-hydrogen) atoms. The van der Waals surface area contributed by atoms with Crippen LogP contribution in [0.3, 0.4) is 0 Å². The highest BCUT2D eigenvalue weighted by Gasteiger charge is 2.19. The molecule has 1 saturated heterocycles. The number of hydrogen-bond donors (Lipinski definition) is 2. The van der Waals surface area contributed by atoms with E-state index in [0.29, 0.717) is 17.9 Å². The Hall–Kier alpha value is -3.06. The van der Waals surface area contributed by atoms with Gasteiger partial charge in [-0.05, 0) is 36.1 Å². The van der Waals surface area contributed by atoms with Gasteiger partial charge in [-0.15, -0.1) is 5.10 Å². The number of methoxy groups -OCH3 is 1. The number of ether oxygens (including phenoxy) is 2. The van der Waals surface area contributed by atoms with Gasteiger partial charge in [-0.2, -0.15) is 4.98 Å². The van der Waals surface area contributed by atoms with Gasteiger partial charge in [-0.1, -0.05) is 24.3 Å². The Morgan fingerprint density at radius 1 is 1.25 bits per heavy atom. The minimum absolute atomic E-state index is 0.325. The van der Waals surface area contributed by atoms with Crippen molar-refractivity contribution in [3.05, 3.63) is 42.1 Å². The van der Waals surface area contributed by atoms with Crippen molar-refractivity contribution in [2.75, 3.05) is 37.5 Å². The number of nitrogens with zero attached hydrogens (tertiary/aromatic N) is 3. The van der Waals surface area contributed by atoms with E-state index < -0.39 is 0 Å². The van der Waals surface area contributed by atoms with Gasteiger partial charge in [0, 0.05) is 43.2 Å². The number of rotatable bonds is 4. The fourth-order valence-corrected chi connectivity index (χ4v) is 3.83. The second-order valence-corrected chi connectivity index (χ2v) is 7.08. The molecule has 2 aliphatic heterocycles. The third-order valence-electron chi connectivity index (χ3n) is 5.30. The summed E-state index contributed by atoms with van der Waals surface area (Å²) in [6.07, 6.45) is 8.14. The summed E-state index contributed by atoms with van der Waals surface area (Å²) >= 11 is 0. The highest BCUT2D eigenvalue weighted by molar-refractivity contribution is 5.87. The lowest BCUT2D eigenvalue weighted by molar-refractivity contribution is 0.0902. The first-order chi connectivity index (χ1) is 13.8. The molecule has 7 heteroatoms. The van der Waals surface area contributed by atoms with E-state index in [1.54, 1.807) is 7.11 Å². The van der Waals surface area contributed by atoms with Crippen molar-refractivity contribution < 1.29 is 9.47 Å². The normalized spacial score (nSPS) is 16.6. The quantitative estimate of drug-likeness (QED) is 0.726. The average molecular weight is 377 g/mol. The summed E-state index contributed by atoms with van der Waals surface area (Å²) in [6.45, 7) is 2.39. The predicted molar refractivity (Wildman–Crippen MR) is 110 cm³/mol. The van der Waals surface area contributed by atoms with Crippen LogP contribution >= 0.6 is 0 Å². The Kier molecular flexibility index (Phi) is 4.37. The SMILES string of the molecule is COc1nc(NC2CCOCC2)nn2ccc(-c3ccc4c(c3)NCC=C4)c12. The molecule has 3 aromatic rings. The Morgan fingerprint density at radius 3 is 3.00 bits per heavy atom. The van der Waals surface area contributed by atoms with E-state index >= 15 is 0 Å². The van der Waals surface area contributed by atoms with Crippen LogP contribution < -0.4 is 15.4 Å². The molecule has 0 radical (unpaired) electrons. The lowest BCUT2D eigenvalue weighted by atomic mass is 10.0. The van der Waals surface area contributed by atoms with Crippen molar-refractivity contribution in [1.82, 2.24) is 14.6 Å². The van der Waals surface area contributed by atoms with Crippen LogP contribution in [0.15, 0.2) is 36.5 Å². The van der Waals surface area contributed by atoms with E-state index in [0.717, 1.165) is 54.9 Å². The Balaban J connectivity index is 1.53. The van der Waals surface area contributed by atoms with Crippen molar-refractivity contribution >= 4 is 23.2 Å². The standard InChI is InChI=1S/C21H23N5O2/c1-27-20-19-17(15-5-4-14-3-2-9-22-18(14)13-15)6-10-26(19)25-21(24-20)23-16-7-11-28-12-8-16/h2-6,10,13,16,22H,7-9,11-12H2,1H3,(H,23,25). The molecule has 0 amide bonds. The van der Waals surface area contributed by atoms with Crippen molar-refractivity contribution in [3.8, 4) is 17.0 Å². The molecule has 0 aliphatic carbocycles. The second kappa shape index (κ2) is 7.16. The maximum Gasteiger partial charge on any atom is 0.244 e. The minimum Gasteiger partial charge on any atom is -0.479 e. The number of fused-ring (bicyclic) bond motifs is 2. The first kappa shape index (κ1) is 17.1. The average Bonchev–Trinajstić information content (AvgIpc) is 3.17. The molecule has 2 aliphatic rings. The molecule has 4 heterocycles. The minimum atomic E-state index is 0.325. The molecule has 2 aromatic heterocycles. The van der Waals surface area contributed by atoms with Crippen LogP contribution in [0.4, 0.5) is 11.6 Å². The number of benzene rings is 1. The van der Waals surface area contributed by atoms with Gasteiger partial charge in [-0.3, -0.25) is 0 Å². The van der Waals surface area contributed by atoms with Crippen LogP contribution in [0.2, 0.25) is 0 Å². The maximum atomic E-state index is 5.63. The molecule has 2 N–H and O–H groups in total. The van der Waals surface area contributed by atoms with Crippen LogP contribution in [0.25, 0.3) is 22.7 Å². The van der Waals surface area contributed by atoms with Crippen LogP contribution in [0, 0.1) is 0 Å². The van der Waals surface area contributed by atoms with E-state index in [1.165, 1.54) is 5.56 Å². The van der Waals surface area contributed by atoms with Crippen molar-refractivity contribution in [2.24, 2.45) is 0 Å². The van der Waals surface area contributed by atoms with E-state index in [1.807, 2.05) is 10.7 Å². The number of hydrogen-bond acceptors (Lipinski definition) is 6. The summed E-state index contributed by atoms with van der Waals surface area (Å²) in [4.78, 5) is 4.63. The van der Waals surface area contributed by atoms with Crippen LogP contribution in [0.5, 0.6) is 5.88 Å². The van der Waals surface area contributed by atoms with Crippen molar-refractivity contribution in [1.29, 1.82) is 0 Å². The summed E-state index contributed by atoms with van der Waals surface area (Å²) in [7, 11) is 1.65. The third-order valence-corrected chi connectivity index (χ3v) is 5.30. The largest absolute Gasteiger partial charge is 0.479 e. The summed E-state index contributed by atoms with van der Waals surface area (Å²) < 4.78 is 12.9. The number of nitrogens with one attached hydrogen (secondary N) is 2. The second-order valence-electron chi connectivity index (χ2n) is 7.08. The van der Waals surface area contributed by atoms with Crippen LogP contribution in [-0.4, -0.2) is 47.5 Å². The number of aromatic nitrogens is 3. The lowest BCUT2D eigenvalue weighted by Gasteiger charge is -2.23. The summed E-state index contributed by atoms with van der Waals surface area (Å²) in [5.74, 6) is 1.14. The van der Waals surface area contributed by atoms with Gasteiger partial charge in [0.25, 0.3) is 0 Å². The van der Waals surface area contributed by atoms with Gasteiger partial charge in [0.05, 0.1) is 7.11 Å². The monoisotopic (exact) mass is 377 g/mol. The van der Waals surface area contributed by atoms with Gasteiger partial charge >= 0.3 is 0 Å². The Morgan fingerprint density at radius 2 is 2.14 bits per heavy atom. The molecule has 0 bridgehead atoms. The number of anilines is 2. The smallest absolute Gasteiger partial charge is 0.244 e. The molecule has 0 saturated carbocycles. The lowest BCUT2D eigenvalue weighted by Crippen LogP contribution is -2.29. The van der Waals surface area contributed by atoms with E-state index in [4.69, 9.17) is 9.47 Å². The zero-order valence-corrected chi connectivity index (χ0v) is 15.8. The summed E-state index contributed by atoms with van der Waals surface area (Å²) in [5.41, 5.74) is 5.36. The molecule has 1 aromatic carbocycles. The molecular formula is C21H23N5O2. The molecule has 7 nitrogen and oxygen atoms in total. The Bertz CT molecular complexity index is 1040. The van der Waals surface area contributed by atoms with E-state index in [2.05, 4.69) is 57.1 Å².